The molecule has 2 amide bonds. The van der Waals surface area contributed by atoms with Gasteiger partial charge in [0.2, 0.25) is 11.8 Å². The molecule has 0 saturated heterocycles. The lowest BCUT2D eigenvalue weighted by molar-refractivity contribution is -0.122. The Morgan fingerprint density at radius 1 is 1.04 bits per heavy atom. The van der Waals surface area contributed by atoms with Gasteiger partial charge in [-0.15, -0.1) is 12.4 Å². The van der Waals surface area contributed by atoms with Crippen molar-refractivity contribution in [2.24, 2.45) is 0 Å². The summed E-state index contributed by atoms with van der Waals surface area (Å²) in [6.45, 7) is 2.90. The van der Waals surface area contributed by atoms with Crippen molar-refractivity contribution in [3.8, 4) is 0 Å². The van der Waals surface area contributed by atoms with Crippen LogP contribution in [0.1, 0.15) is 63.5 Å². The van der Waals surface area contributed by atoms with Gasteiger partial charge in [0.15, 0.2) is 0 Å². The van der Waals surface area contributed by atoms with Crippen LogP contribution in [-0.2, 0) is 9.59 Å². The van der Waals surface area contributed by atoms with Gasteiger partial charge in [0.1, 0.15) is 0 Å². The molecule has 1 atom stereocenters. The molecule has 0 heterocycles. The Labute approximate surface area is 163 Å². The zero-order chi connectivity index (χ0) is 17.9. The summed E-state index contributed by atoms with van der Waals surface area (Å²) >= 11 is 0. The molecular formula is C20H32ClN3O2. The van der Waals surface area contributed by atoms with Gasteiger partial charge >= 0.3 is 0 Å². The molecule has 0 bridgehead atoms. The second-order valence-electron chi connectivity index (χ2n) is 6.86. The summed E-state index contributed by atoms with van der Waals surface area (Å²) in [6.07, 6.45) is 8.04. The average molecular weight is 382 g/mol. The molecule has 1 aliphatic rings. The van der Waals surface area contributed by atoms with E-state index >= 15 is 0 Å². The van der Waals surface area contributed by atoms with Crippen LogP contribution in [0.5, 0.6) is 0 Å². The Hall–Kier alpha value is -1.59. The van der Waals surface area contributed by atoms with E-state index in [1.807, 2.05) is 30.3 Å². The Bertz CT molecular complexity index is 531. The van der Waals surface area contributed by atoms with Gasteiger partial charge in [-0.05, 0) is 18.4 Å². The number of carbonyl (C=O) groups excluding carboxylic acids is 2. The van der Waals surface area contributed by atoms with Crippen LogP contribution < -0.4 is 16.0 Å². The molecule has 5 nitrogen and oxygen atoms in total. The minimum absolute atomic E-state index is 0. The summed E-state index contributed by atoms with van der Waals surface area (Å²) in [5.41, 5.74) is 0.949. The SMILES string of the molecule is CC(=O)NC(CC(=O)NCCNC1CCCCCC1)c1ccccc1.Cl. The highest BCUT2D eigenvalue weighted by molar-refractivity contribution is 5.85. The average Bonchev–Trinajstić information content (AvgIpc) is 2.87. The first-order valence-corrected chi connectivity index (χ1v) is 9.47. The smallest absolute Gasteiger partial charge is 0.222 e. The number of hydrogen-bond donors (Lipinski definition) is 3. The van der Waals surface area contributed by atoms with Crippen molar-refractivity contribution in [3.05, 3.63) is 35.9 Å². The van der Waals surface area contributed by atoms with Gasteiger partial charge < -0.3 is 16.0 Å². The third kappa shape index (κ3) is 8.68. The zero-order valence-electron chi connectivity index (χ0n) is 15.6. The van der Waals surface area contributed by atoms with Gasteiger partial charge in [0, 0.05) is 26.1 Å². The van der Waals surface area contributed by atoms with Crippen LogP contribution in [0, 0.1) is 0 Å². The third-order valence-corrected chi connectivity index (χ3v) is 4.70. The van der Waals surface area contributed by atoms with E-state index in [1.54, 1.807) is 0 Å². The number of rotatable bonds is 8. The van der Waals surface area contributed by atoms with Crippen LogP contribution in [0.4, 0.5) is 0 Å². The Morgan fingerprint density at radius 2 is 1.69 bits per heavy atom. The van der Waals surface area contributed by atoms with Crippen molar-refractivity contribution >= 4 is 24.2 Å². The van der Waals surface area contributed by atoms with Crippen LogP contribution in [0.2, 0.25) is 0 Å². The summed E-state index contributed by atoms with van der Waals surface area (Å²) in [5.74, 6) is -0.165. The lowest BCUT2D eigenvalue weighted by Gasteiger charge is -2.19. The van der Waals surface area contributed by atoms with Crippen molar-refractivity contribution in [1.29, 1.82) is 0 Å². The van der Waals surface area contributed by atoms with E-state index in [4.69, 9.17) is 0 Å². The Kier molecular flexibility index (Phi) is 11.0. The molecule has 2 rings (SSSR count). The van der Waals surface area contributed by atoms with Crippen molar-refractivity contribution in [3.63, 3.8) is 0 Å². The lowest BCUT2D eigenvalue weighted by atomic mass is 10.0. The van der Waals surface area contributed by atoms with Crippen molar-refractivity contribution in [2.75, 3.05) is 13.1 Å². The van der Waals surface area contributed by atoms with E-state index in [-0.39, 0.29) is 36.7 Å². The van der Waals surface area contributed by atoms with E-state index in [9.17, 15) is 9.59 Å². The molecule has 1 aromatic carbocycles. The van der Waals surface area contributed by atoms with Gasteiger partial charge in [-0.25, -0.2) is 0 Å². The molecule has 1 aliphatic carbocycles. The van der Waals surface area contributed by atoms with E-state index in [2.05, 4.69) is 16.0 Å². The molecule has 1 fully saturated rings. The molecule has 0 aromatic heterocycles. The van der Waals surface area contributed by atoms with Gasteiger partial charge in [0.05, 0.1) is 12.5 Å². The van der Waals surface area contributed by atoms with Crippen molar-refractivity contribution in [2.45, 2.75) is 64.0 Å². The number of hydrogen-bond acceptors (Lipinski definition) is 3. The molecular weight excluding hydrogens is 350 g/mol. The number of amides is 2. The fraction of sp³-hybridized carbons (Fsp3) is 0.600. The minimum atomic E-state index is -0.284. The number of benzene rings is 1. The van der Waals surface area contributed by atoms with E-state index in [1.165, 1.54) is 45.4 Å². The topological polar surface area (TPSA) is 70.2 Å². The maximum Gasteiger partial charge on any atom is 0.222 e. The first-order valence-electron chi connectivity index (χ1n) is 9.47. The highest BCUT2D eigenvalue weighted by atomic mass is 35.5. The molecule has 6 heteroatoms. The van der Waals surface area contributed by atoms with E-state index < -0.39 is 0 Å². The largest absolute Gasteiger partial charge is 0.355 e. The second kappa shape index (κ2) is 12.7. The fourth-order valence-electron chi connectivity index (χ4n) is 3.40. The molecule has 1 unspecified atom stereocenters. The maximum atomic E-state index is 12.2. The van der Waals surface area contributed by atoms with Gasteiger partial charge in [-0.2, -0.15) is 0 Å². The summed E-state index contributed by atoms with van der Waals surface area (Å²) < 4.78 is 0. The predicted octanol–water partition coefficient (Wildman–Crippen LogP) is 3.10. The van der Waals surface area contributed by atoms with Crippen molar-refractivity contribution in [1.82, 2.24) is 16.0 Å². The molecule has 26 heavy (non-hydrogen) atoms. The van der Waals surface area contributed by atoms with Gasteiger partial charge in [-0.3, -0.25) is 9.59 Å². The normalized spacial score (nSPS) is 16.0. The number of nitrogens with one attached hydrogen (secondary N) is 3. The first kappa shape index (κ1) is 22.5. The third-order valence-electron chi connectivity index (χ3n) is 4.70. The monoisotopic (exact) mass is 381 g/mol. The van der Waals surface area contributed by atoms with Crippen molar-refractivity contribution < 1.29 is 9.59 Å². The summed E-state index contributed by atoms with van der Waals surface area (Å²) in [4.78, 5) is 23.6. The summed E-state index contributed by atoms with van der Waals surface area (Å²) in [7, 11) is 0. The quantitative estimate of drug-likeness (QED) is 0.478. The molecule has 0 radical (unpaired) electrons. The molecule has 0 aliphatic heterocycles. The minimum Gasteiger partial charge on any atom is -0.355 e. The number of halogens is 1. The summed E-state index contributed by atoms with van der Waals surface area (Å²) in [6, 6.07) is 9.93. The molecule has 1 aromatic rings. The Balaban J connectivity index is 0.00000338. The molecule has 3 N–H and O–H groups in total. The standard InChI is InChI=1S/C20H31N3O2.ClH/c1-16(24)23-19(17-9-5-4-6-10-17)15-20(25)22-14-13-21-18-11-7-2-3-8-12-18;/h4-6,9-10,18-19,21H,2-3,7-8,11-15H2,1H3,(H,22,25)(H,23,24);1H. The Morgan fingerprint density at radius 3 is 2.31 bits per heavy atom. The highest BCUT2D eigenvalue weighted by Crippen LogP contribution is 2.17. The fourth-order valence-corrected chi connectivity index (χ4v) is 3.40. The maximum absolute atomic E-state index is 12.2. The van der Waals surface area contributed by atoms with Crippen LogP contribution in [0.3, 0.4) is 0 Å². The van der Waals surface area contributed by atoms with Crippen LogP contribution in [0.25, 0.3) is 0 Å². The van der Waals surface area contributed by atoms with E-state index in [0.717, 1.165) is 12.1 Å². The zero-order valence-corrected chi connectivity index (χ0v) is 16.4. The van der Waals surface area contributed by atoms with Gasteiger partial charge in [0.25, 0.3) is 0 Å². The molecule has 0 spiro atoms. The summed E-state index contributed by atoms with van der Waals surface area (Å²) in [5, 5.41) is 9.37. The molecule has 1 saturated carbocycles. The predicted molar refractivity (Wildman–Crippen MR) is 107 cm³/mol. The first-order chi connectivity index (χ1) is 12.1. The number of carbonyl (C=O) groups is 2. The molecule has 146 valence electrons. The van der Waals surface area contributed by atoms with Crippen LogP contribution >= 0.6 is 12.4 Å². The van der Waals surface area contributed by atoms with Crippen LogP contribution in [-0.4, -0.2) is 30.9 Å². The van der Waals surface area contributed by atoms with E-state index in [0.29, 0.717) is 12.6 Å². The lowest BCUT2D eigenvalue weighted by Crippen LogP contribution is -2.38. The van der Waals surface area contributed by atoms with Crippen LogP contribution in [0.15, 0.2) is 30.3 Å². The highest BCUT2D eigenvalue weighted by Gasteiger charge is 2.17. The van der Waals surface area contributed by atoms with Gasteiger partial charge in [-0.1, -0.05) is 56.0 Å². The second-order valence-corrected chi connectivity index (χ2v) is 6.86.